The van der Waals surface area contributed by atoms with Crippen LogP contribution in [-0.4, -0.2) is 56.6 Å². The number of aromatic nitrogens is 4. The molecule has 2 rings (SSSR count). The largest absolute Gasteiger partial charge is 0.465 e. The number of nitrogen functional groups attached to an aromatic ring is 2. The van der Waals surface area contributed by atoms with Gasteiger partial charge in [0.15, 0.2) is 11.6 Å². The zero-order valence-electron chi connectivity index (χ0n) is 26.8. The summed E-state index contributed by atoms with van der Waals surface area (Å²) < 4.78 is 11.0. The topological polar surface area (TPSA) is 156 Å². The van der Waals surface area contributed by atoms with Gasteiger partial charge in [0.25, 0.3) is 0 Å². The number of nitrogens with zero attached hydrogens (tertiary/aromatic N) is 4. The van der Waals surface area contributed by atoms with Crippen molar-refractivity contribution in [2.75, 3.05) is 36.2 Å². The first-order chi connectivity index (χ1) is 21.5. The van der Waals surface area contributed by atoms with Gasteiger partial charge in [-0.25, -0.2) is 19.9 Å². The number of thiol groups is 1. The molecule has 15 heteroatoms. The molecule has 0 spiro atoms. The van der Waals surface area contributed by atoms with Crippen molar-refractivity contribution >= 4 is 87.1 Å². The molecule has 0 aromatic carbocycles. The fourth-order valence-electron chi connectivity index (χ4n) is 3.53. The van der Waals surface area contributed by atoms with Crippen molar-refractivity contribution in [2.45, 2.75) is 96.9 Å². The lowest BCUT2D eigenvalue weighted by atomic mass is 10.0. The van der Waals surface area contributed by atoms with Crippen molar-refractivity contribution in [2.24, 2.45) is 11.8 Å². The molecular formula is C30H49BrCl2N6O4S2. The predicted molar refractivity (Wildman–Crippen MR) is 193 cm³/mol. The van der Waals surface area contributed by atoms with Crippen LogP contribution in [-0.2, 0) is 19.1 Å². The quantitative estimate of drug-likeness (QED) is 0.0759. The average molecular weight is 773 g/mol. The van der Waals surface area contributed by atoms with Gasteiger partial charge in [0.05, 0.1) is 38.4 Å². The Hall–Kier alpha value is -1.54. The van der Waals surface area contributed by atoms with Crippen LogP contribution in [0.25, 0.3) is 0 Å². The van der Waals surface area contributed by atoms with Crippen LogP contribution in [0.1, 0.15) is 91.9 Å². The van der Waals surface area contributed by atoms with Gasteiger partial charge in [0, 0.05) is 11.5 Å². The highest BCUT2D eigenvalue weighted by atomic mass is 79.9. The number of hydrogen-bond donors (Lipinski definition) is 3. The minimum absolute atomic E-state index is 0.116. The minimum atomic E-state index is -0.178. The SMILES string of the molecule is CCCCC(CC)COC(=O)CCS.CCCCC(CC)COC(=O)CCSc1ncc(Cl)nc1N.Nc1nc(Cl)cnc1Br. The van der Waals surface area contributed by atoms with Gasteiger partial charge in [-0.05, 0) is 40.6 Å². The maximum absolute atomic E-state index is 11.7. The van der Waals surface area contributed by atoms with Gasteiger partial charge in [-0.15, -0.1) is 11.8 Å². The highest BCUT2D eigenvalue weighted by Gasteiger charge is 2.12. The Labute approximate surface area is 296 Å². The van der Waals surface area contributed by atoms with Gasteiger partial charge in [-0.1, -0.05) is 89.4 Å². The van der Waals surface area contributed by atoms with Crippen LogP contribution < -0.4 is 11.5 Å². The molecule has 2 aromatic heterocycles. The Morgan fingerprint density at radius 1 is 0.867 bits per heavy atom. The fraction of sp³-hybridized carbons (Fsp3) is 0.667. The van der Waals surface area contributed by atoms with E-state index in [1.807, 2.05) is 0 Å². The van der Waals surface area contributed by atoms with Crippen LogP contribution >= 0.6 is 63.5 Å². The van der Waals surface area contributed by atoms with Crippen LogP contribution in [0.5, 0.6) is 0 Å². The number of esters is 2. The van der Waals surface area contributed by atoms with E-state index in [-0.39, 0.29) is 22.9 Å². The normalized spacial score (nSPS) is 11.7. The third-order valence-electron chi connectivity index (χ3n) is 6.37. The van der Waals surface area contributed by atoms with Crippen molar-refractivity contribution in [1.82, 2.24) is 19.9 Å². The maximum Gasteiger partial charge on any atom is 0.306 e. The summed E-state index contributed by atoms with van der Waals surface area (Å²) >= 11 is 19.6. The van der Waals surface area contributed by atoms with E-state index in [4.69, 9.17) is 44.1 Å². The first-order valence-corrected chi connectivity index (χ1v) is 18.4. The fourth-order valence-corrected chi connectivity index (χ4v) is 4.97. The molecule has 2 heterocycles. The Morgan fingerprint density at radius 3 is 1.78 bits per heavy atom. The average Bonchev–Trinajstić information content (AvgIpc) is 3.01. The molecule has 2 aromatic rings. The number of nitrogens with two attached hydrogens (primary N) is 2. The molecule has 10 nitrogen and oxygen atoms in total. The number of ether oxygens (including phenoxy) is 2. The number of rotatable bonds is 18. The number of unbranched alkanes of at least 4 members (excludes halogenated alkanes) is 2. The molecule has 2 unspecified atom stereocenters. The number of carbonyl (C=O) groups is 2. The molecule has 0 aliphatic carbocycles. The summed E-state index contributed by atoms with van der Waals surface area (Å²) in [5.41, 5.74) is 11.0. The molecule has 0 bridgehead atoms. The zero-order chi connectivity index (χ0) is 34.0. The van der Waals surface area contributed by atoms with E-state index in [2.05, 4.69) is 76.2 Å². The summed E-state index contributed by atoms with van der Waals surface area (Å²) in [5.74, 6) is 2.44. The van der Waals surface area contributed by atoms with Gasteiger partial charge in [-0.2, -0.15) is 12.6 Å². The van der Waals surface area contributed by atoms with E-state index >= 15 is 0 Å². The van der Waals surface area contributed by atoms with Crippen molar-refractivity contribution in [3.8, 4) is 0 Å². The summed E-state index contributed by atoms with van der Waals surface area (Å²) in [6.45, 7) is 9.73. The number of halogens is 3. The van der Waals surface area contributed by atoms with Gasteiger partial charge in [0.2, 0.25) is 0 Å². The van der Waals surface area contributed by atoms with Crippen LogP contribution in [0, 0.1) is 11.8 Å². The van der Waals surface area contributed by atoms with Crippen molar-refractivity contribution in [3.63, 3.8) is 0 Å². The number of anilines is 2. The highest BCUT2D eigenvalue weighted by molar-refractivity contribution is 9.10. The standard InChI is InChI=1S/C15H24ClN3O2S.C11H22O2S.C4H3BrClN3/c1-3-5-6-11(4-2)10-21-13(20)7-8-22-15-14(17)19-12(16)9-18-15;1-3-5-6-10(4-2)9-13-11(12)7-8-14;5-3-4(7)9-2(6)1-8-3/h9,11H,3-8,10H2,1-2H3,(H2,17,19);10,14H,3-9H2,1-2H3;1H,(H2,7,9). The highest BCUT2D eigenvalue weighted by Crippen LogP contribution is 2.23. The van der Waals surface area contributed by atoms with Gasteiger partial charge >= 0.3 is 11.9 Å². The van der Waals surface area contributed by atoms with Crippen molar-refractivity contribution < 1.29 is 19.1 Å². The number of hydrogen-bond acceptors (Lipinski definition) is 12. The second kappa shape index (κ2) is 27.6. The Bertz CT molecular complexity index is 1110. The predicted octanol–water partition coefficient (Wildman–Crippen LogP) is 8.49. The van der Waals surface area contributed by atoms with Crippen LogP contribution in [0.15, 0.2) is 22.0 Å². The molecule has 45 heavy (non-hydrogen) atoms. The van der Waals surface area contributed by atoms with Gasteiger partial charge < -0.3 is 20.9 Å². The minimum Gasteiger partial charge on any atom is -0.465 e. The van der Waals surface area contributed by atoms with E-state index < -0.39 is 0 Å². The lowest BCUT2D eigenvalue weighted by Crippen LogP contribution is -2.14. The van der Waals surface area contributed by atoms with Gasteiger partial charge in [-0.3, -0.25) is 9.59 Å². The Kier molecular flexibility index (Phi) is 26.6. The Morgan fingerprint density at radius 2 is 1.36 bits per heavy atom. The second-order valence-corrected chi connectivity index (χ2v) is 13.1. The van der Waals surface area contributed by atoms with E-state index in [0.29, 0.717) is 70.0 Å². The maximum atomic E-state index is 11.7. The summed E-state index contributed by atoms with van der Waals surface area (Å²) in [4.78, 5) is 38.3. The summed E-state index contributed by atoms with van der Waals surface area (Å²) in [6, 6.07) is 0. The lowest BCUT2D eigenvalue weighted by molar-refractivity contribution is -0.145. The van der Waals surface area contributed by atoms with Crippen LogP contribution in [0.3, 0.4) is 0 Å². The molecule has 0 saturated heterocycles. The summed E-state index contributed by atoms with van der Waals surface area (Å²) in [6.07, 6.45) is 12.8. The number of thioether (sulfide) groups is 1. The van der Waals surface area contributed by atoms with E-state index in [0.717, 1.165) is 19.3 Å². The third kappa shape index (κ3) is 22.6. The van der Waals surface area contributed by atoms with E-state index in [1.165, 1.54) is 56.3 Å². The smallest absolute Gasteiger partial charge is 0.306 e. The Balaban J connectivity index is 0.000000715. The third-order valence-corrected chi connectivity index (χ3v) is 8.56. The van der Waals surface area contributed by atoms with E-state index in [1.54, 1.807) is 0 Å². The van der Waals surface area contributed by atoms with Crippen molar-refractivity contribution in [1.29, 1.82) is 0 Å². The molecule has 0 fully saturated rings. The monoisotopic (exact) mass is 770 g/mol. The van der Waals surface area contributed by atoms with Gasteiger partial charge in [0.1, 0.15) is 19.9 Å². The zero-order valence-corrected chi connectivity index (χ0v) is 31.6. The summed E-state index contributed by atoms with van der Waals surface area (Å²) in [7, 11) is 0. The van der Waals surface area contributed by atoms with Crippen molar-refractivity contribution in [3.05, 3.63) is 27.3 Å². The molecule has 0 aliphatic heterocycles. The van der Waals surface area contributed by atoms with Crippen LogP contribution in [0.4, 0.5) is 11.6 Å². The molecule has 256 valence electrons. The van der Waals surface area contributed by atoms with E-state index in [9.17, 15) is 9.59 Å². The van der Waals surface area contributed by atoms with Crippen LogP contribution in [0.2, 0.25) is 10.3 Å². The lowest BCUT2D eigenvalue weighted by Gasteiger charge is -2.14. The molecule has 0 aliphatic rings. The second-order valence-electron chi connectivity index (χ2n) is 10.0. The molecule has 0 amide bonds. The first-order valence-electron chi connectivity index (χ1n) is 15.3. The molecule has 2 atom stereocenters. The molecule has 0 radical (unpaired) electrons. The summed E-state index contributed by atoms with van der Waals surface area (Å²) in [5, 5.41) is 1.15. The molecule has 4 N–H and O–H groups in total. The first kappa shape index (κ1) is 43.5. The number of carbonyl (C=O) groups excluding carboxylic acids is 2. The molecular weight excluding hydrogens is 723 g/mol. The molecule has 0 saturated carbocycles.